The van der Waals surface area contributed by atoms with Gasteiger partial charge >= 0.3 is 6.03 Å². The number of nitrogens with zero attached hydrogens (tertiary/aromatic N) is 1. The van der Waals surface area contributed by atoms with Gasteiger partial charge in [0.1, 0.15) is 10.9 Å². The second kappa shape index (κ2) is 5.16. The van der Waals surface area contributed by atoms with Crippen molar-refractivity contribution >= 4 is 24.0 Å². The summed E-state index contributed by atoms with van der Waals surface area (Å²) in [6, 6.07) is -0.0935. The quantitative estimate of drug-likeness (QED) is 0.540. The van der Waals surface area contributed by atoms with E-state index in [0.29, 0.717) is 23.8 Å². The first-order valence-electron chi connectivity index (χ1n) is 6.38. The highest BCUT2D eigenvalue weighted by atomic mass is 32.2. The van der Waals surface area contributed by atoms with E-state index < -0.39 is 6.03 Å². The first-order valence-corrected chi connectivity index (χ1v) is 7.26. The van der Waals surface area contributed by atoms with Crippen LogP contribution in [0, 0.1) is 5.92 Å². The van der Waals surface area contributed by atoms with Gasteiger partial charge in [0.2, 0.25) is 0 Å². The normalized spacial score (nSPS) is 31.9. The van der Waals surface area contributed by atoms with E-state index in [1.54, 1.807) is 11.8 Å². The molecule has 2 heterocycles. The number of urea groups is 1. The molecule has 0 aromatic carbocycles. The molecule has 19 heavy (non-hydrogen) atoms. The number of fused-ring (bicyclic) bond motifs is 1. The minimum absolute atomic E-state index is 0.330. The molecule has 2 aliphatic heterocycles. The molecule has 6 nitrogen and oxygen atoms in total. The molecule has 0 saturated carbocycles. The van der Waals surface area contributed by atoms with Crippen molar-refractivity contribution in [3.63, 3.8) is 0 Å². The first-order chi connectivity index (χ1) is 9.22. The lowest BCUT2D eigenvalue weighted by Crippen LogP contribution is -2.49. The minimum atomic E-state index is -0.463. The Hall–Kier alpha value is -1.63. The molecule has 3 unspecified atom stereocenters. The highest BCUT2D eigenvalue weighted by Crippen LogP contribution is 2.37. The van der Waals surface area contributed by atoms with Crippen molar-refractivity contribution < 1.29 is 4.79 Å². The topological polar surface area (TPSA) is 91.5 Å². The van der Waals surface area contributed by atoms with E-state index in [2.05, 4.69) is 33.1 Å². The Bertz CT molecular complexity index is 473. The second-order valence-electron chi connectivity index (χ2n) is 4.83. The van der Waals surface area contributed by atoms with Crippen molar-refractivity contribution in [2.45, 2.75) is 17.7 Å². The molecule has 0 aromatic heterocycles. The van der Waals surface area contributed by atoms with Crippen LogP contribution in [0.25, 0.3) is 0 Å². The standard InChI is InChI=1S/C12H17N5OS/c13-12(18)16-6-7-1-2-9-8(5-7)17-10-11(19-9)15-4-3-14-10/h1-2,4,7-9,14,17H,3,5-6H2,(H3,13,16,18). The van der Waals surface area contributed by atoms with Gasteiger partial charge in [0.05, 0.1) is 6.54 Å². The summed E-state index contributed by atoms with van der Waals surface area (Å²) in [5.41, 5.74) is 5.10. The van der Waals surface area contributed by atoms with E-state index in [1.165, 1.54) is 0 Å². The molecule has 0 fully saturated rings. The molecule has 3 atom stereocenters. The van der Waals surface area contributed by atoms with Gasteiger partial charge in [0.15, 0.2) is 0 Å². The van der Waals surface area contributed by atoms with Crippen LogP contribution in [0.3, 0.4) is 0 Å². The van der Waals surface area contributed by atoms with Crippen molar-refractivity contribution in [3.05, 3.63) is 23.0 Å². The number of carbonyl (C=O) groups excluding carboxylic acids is 1. The number of nitrogens with one attached hydrogen (secondary N) is 3. The molecular weight excluding hydrogens is 262 g/mol. The van der Waals surface area contributed by atoms with Crippen molar-refractivity contribution in [2.24, 2.45) is 16.6 Å². The van der Waals surface area contributed by atoms with Crippen molar-refractivity contribution in [3.8, 4) is 0 Å². The predicted octanol–water partition coefficient (Wildman–Crippen LogP) is 0.105. The average Bonchev–Trinajstić information content (AvgIpc) is 2.42. The van der Waals surface area contributed by atoms with Gasteiger partial charge in [0.25, 0.3) is 0 Å². The van der Waals surface area contributed by atoms with Crippen LogP contribution in [0.5, 0.6) is 0 Å². The summed E-state index contributed by atoms with van der Waals surface area (Å²) >= 11 is 1.78. The Balaban J connectivity index is 1.65. The monoisotopic (exact) mass is 279 g/mol. The van der Waals surface area contributed by atoms with E-state index in [0.717, 1.165) is 23.8 Å². The third-order valence-electron chi connectivity index (χ3n) is 3.43. The molecule has 0 saturated heterocycles. The molecule has 3 rings (SSSR count). The summed E-state index contributed by atoms with van der Waals surface area (Å²) in [6.45, 7) is 1.37. The molecular formula is C12H17N5OS. The highest BCUT2D eigenvalue weighted by Gasteiger charge is 2.33. The molecule has 0 spiro atoms. The zero-order valence-electron chi connectivity index (χ0n) is 10.4. The number of hydrogen-bond acceptors (Lipinski definition) is 5. The van der Waals surface area contributed by atoms with Gasteiger partial charge in [-0.1, -0.05) is 23.9 Å². The molecule has 0 radical (unpaired) electrons. The van der Waals surface area contributed by atoms with Gasteiger partial charge in [-0.05, 0) is 12.3 Å². The molecule has 0 aromatic rings. The minimum Gasteiger partial charge on any atom is -0.365 e. The van der Waals surface area contributed by atoms with Crippen LogP contribution in [0.1, 0.15) is 6.42 Å². The molecule has 7 heteroatoms. The second-order valence-corrected chi connectivity index (χ2v) is 6.00. The number of nitrogens with two attached hydrogens (primary N) is 1. The van der Waals surface area contributed by atoms with E-state index >= 15 is 0 Å². The van der Waals surface area contributed by atoms with Crippen LogP contribution in [-0.4, -0.2) is 36.6 Å². The number of aliphatic imine (C=N–C) groups is 1. The van der Waals surface area contributed by atoms with E-state index in [4.69, 9.17) is 5.73 Å². The Labute approximate surface area is 116 Å². The van der Waals surface area contributed by atoms with Crippen LogP contribution in [-0.2, 0) is 0 Å². The largest absolute Gasteiger partial charge is 0.365 e. The summed E-state index contributed by atoms with van der Waals surface area (Å²) in [5.74, 6) is 1.36. The summed E-state index contributed by atoms with van der Waals surface area (Å²) in [5, 5.41) is 10.9. The number of rotatable bonds is 2. The van der Waals surface area contributed by atoms with Crippen LogP contribution in [0.2, 0.25) is 0 Å². The summed E-state index contributed by atoms with van der Waals surface area (Å²) in [4.78, 5) is 15.2. The molecule has 2 amide bonds. The Kier molecular flexibility index (Phi) is 3.37. The van der Waals surface area contributed by atoms with Crippen molar-refractivity contribution in [2.75, 3.05) is 13.1 Å². The van der Waals surface area contributed by atoms with Crippen molar-refractivity contribution in [1.29, 1.82) is 0 Å². The molecule has 0 bridgehead atoms. The van der Waals surface area contributed by atoms with Gasteiger partial charge in [-0.3, -0.25) is 0 Å². The molecule has 3 aliphatic rings. The lowest BCUT2D eigenvalue weighted by atomic mass is 9.91. The van der Waals surface area contributed by atoms with Crippen molar-refractivity contribution in [1.82, 2.24) is 16.0 Å². The summed E-state index contributed by atoms with van der Waals surface area (Å²) < 4.78 is 0. The first kappa shape index (κ1) is 12.4. The smallest absolute Gasteiger partial charge is 0.312 e. The fourth-order valence-electron chi connectivity index (χ4n) is 2.52. The lowest BCUT2D eigenvalue weighted by Gasteiger charge is -2.38. The van der Waals surface area contributed by atoms with E-state index in [9.17, 15) is 4.79 Å². The van der Waals surface area contributed by atoms with Crippen LogP contribution >= 0.6 is 11.8 Å². The van der Waals surface area contributed by atoms with Gasteiger partial charge in [-0.2, -0.15) is 0 Å². The van der Waals surface area contributed by atoms with Gasteiger partial charge in [-0.15, -0.1) is 0 Å². The number of amides is 2. The van der Waals surface area contributed by atoms with Crippen LogP contribution in [0.4, 0.5) is 4.79 Å². The predicted molar refractivity (Wildman–Crippen MR) is 76.7 cm³/mol. The SMILES string of the molecule is NC(=O)NCC1C=CC2SC3=C(NCC=N3)NC2C1. The van der Waals surface area contributed by atoms with Gasteiger partial charge in [-0.25, -0.2) is 9.79 Å². The number of primary amides is 1. The maximum atomic E-state index is 10.7. The average molecular weight is 279 g/mol. The third-order valence-corrected chi connectivity index (χ3v) is 4.73. The lowest BCUT2D eigenvalue weighted by molar-refractivity contribution is 0.247. The number of hydrogen-bond donors (Lipinski definition) is 4. The van der Waals surface area contributed by atoms with E-state index in [1.807, 2.05) is 6.21 Å². The Morgan fingerprint density at radius 1 is 1.58 bits per heavy atom. The third kappa shape index (κ3) is 2.70. The zero-order valence-corrected chi connectivity index (χ0v) is 11.2. The van der Waals surface area contributed by atoms with Crippen LogP contribution < -0.4 is 21.7 Å². The fraction of sp³-hybridized carbons (Fsp3) is 0.500. The maximum absolute atomic E-state index is 10.7. The zero-order chi connectivity index (χ0) is 13.2. The number of thioether (sulfide) groups is 1. The summed E-state index contributed by atoms with van der Waals surface area (Å²) in [7, 11) is 0. The van der Waals surface area contributed by atoms with Gasteiger partial charge in [0, 0.05) is 24.1 Å². The fourth-order valence-corrected chi connectivity index (χ4v) is 3.67. The van der Waals surface area contributed by atoms with E-state index in [-0.39, 0.29) is 0 Å². The van der Waals surface area contributed by atoms with Gasteiger partial charge < -0.3 is 21.7 Å². The molecule has 1 aliphatic carbocycles. The molecule has 5 N–H and O–H groups in total. The number of carbonyl (C=O) groups is 1. The molecule has 102 valence electrons. The van der Waals surface area contributed by atoms with Crippen LogP contribution in [0.15, 0.2) is 28.0 Å². The maximum Gasteiger partial charge on any atom is 0.312 e. The Morgan fingerprint density at radius 3 is 3.32 bits per heavy atom. The summed E-state index contributed by atoms with van der Waals surface area (Å²) in [6.07, 6.45) is 7.24. The highest BCUT2D eigenvalue weighted by molar-refractivity contribution is 8.03. The Morgan fingerprint density at radius 2 is 2.47 bits per heavy atom.